The molecule has 0 spiro atoms. The van der Waals surface area contributed by atoms with Crippen molar-refractivity contribution in [1.29, 1.82) is 0 Å². The Morgan fingerprint density at radius 3 is 2.55 bits per heavy atom. The number of aldehydes is 1. The van der Waals surface area contributed by atoms with Gasteiger partial charge in [0.25, 0.3) is 0 Å². The van der Waals surface area contributed by atoms with Crippen LogP contribution < -0.4 is 0 Å². The fraction of sp³-hybridized carbons (Fsp3) is 0.500. The molecule has 0 radical (unpaired) electrons. The maximum absolute atomic E-state index is 10.4. The summed E-state index contributed by atoms with van der Waals surface area (Å²) >= 11 is 0. The molecule has 0 aliphatic heterocycles. The minimum Gasteiger partial charge on any atom is -0.296 e. The van der Waals surface area contributed by atoms with Crippen LogP contribution in [0, 0.1) is 6.92 Å². The number of hydrogen-bond acceptors (Lipinski definition) is 2. The van der Waals surface area contributed by atoms with E-state index in [1.165, 1.54) is 0 Å². The normalized spacial score (nSPS) is 10.5. The molecule has 1 aromatic rings. The second-order valence-corrected chi connectivity index (χ2v) is 2.89. The first kappa shape index (κ1) is 7.98. The summed E-state index contributed by atoms with van der Waals surface area (Å²) in [5, 5.41) is 4.08. The van der Waals surface area contributed by atoms with Crippen LogP contribution in [0.3, 0.4) is 0 Å². The number of hydrogen-bond donors (Lipinski definition) is 0. The van der Waals surface area contributed by atoms with E-state index in [0.717, 1.165) is 11.8 Å². The van der Waals surface area contributed by atoms with E-state index in [2.05, 4.69) is 5.10 Å². The smallest absolute Gasteiger partial charge is 0.170 e. The predicted octanol–water partition coefficient (Wildman–Crippen LogP) is 1.58. The van der Waals surface area contributed by atoms with Crippen molar-refractivity contribution in [2.24, 2.45) is 0 Å². The summed E-state index contributed by atoms with van der Waals surface area (Å²) in [4.78, 5) is 10.4. The van der Waals surface area contributed by atoms with Gasteiger partial charge in [0.05, 0.1) is 0 Å². The Hall–Kier alpha value is -1.12. The van der Waals surface area contributed by atoms with Crippen molar-refractivity contribution in [2.45, 2.75) is 26.8 Å². The first-order chi connectivity index (χ1) is 5.15. The van der Waals surface area contributed by atoms with E-state index in [4.69, 9.17) is 0 Å². The predicted molar refractivity (Wildman–Crippen MR) is 42.7 cm³/mol. The average molecular weight is 152 g/mol. The van der Waals surface area contributed by atoms with E-state index in [0.29, 0.717) is 11.7 Å². The van der Waals surface area contributed by atoms with Gasteiger partial charge in [-0.3, -0.25) is 9.48 Å². The van der Waals surface area contributed by atoms with Crippen molar-refractivity contribution in [3.05, 3.63) is 17.5 Å². The lowest BCUT2D eigenvalue weighted by Crippen LogP contribution is -2.01. The van der Waals surface area contributed by atoms with Crippen LogP contribution in [0.4, 0.5) is 0 Å². The standard InChI is InChI=1S/C8H12N2O/c1-6(2)10-4-7(3)8(5-11)9-10/h4-6H,1-3H3. The molecule has 0 saturated carbocycles. The lowest BCUT2D eigenvalue weighted by Gasteiger charge is -2.02. The van der Waals surface area contributed by atoms with Gasteiger partial charge < -0.3 is 0 Å². The molecule has 0 fully saturated rings. The lowest BCUT2D eigenvalue weighted by atomic mass is 10.3. The van der Waals surface area contributed by atoms with E-state index >= 15 is 0 Å². The largest absolute Gasteiger partial charge is 0.296 e. The van der Waals surface area contributed by atoms with Crippen LogP contribution in [0.25, 0.3) is 0 Å². The van der Waals surface area contributed by atoms with Gasteiger partial charge in [-0.25, -0.2) is 0 Å². The molecule has 0 aliphatic rings. The van der Waals surface area contributed by atoms with Gasteiger partial charge in [-0.15, -0.1) is 0 Å². The van der Waals surface area contributed by atoms with Gasteiger partial charge in [0, 0.05) is 12.2 Å². The minimum atomic E-state index is 0.322. The molecule has 0 aromatic carbocycles. The Morgan fingerprint density at radius 1 is 1.64 bits per heavy atom. The summed E-state index contributed by atoms with van der Waals surface area (Å²) in [5.41, 5.74) is 1.48. The fourth-order valence-corrected chi connectivity index (χ4v) is 0.878. The molecule has 0 bridgehead atoms. The maximum Gasteiger partial charge on any atom is 0.170 e. The fourth-order valence-electron chi connectivity index (χ4n) is 0.878. The summed E-state index contributed by atoms with van der Waals surface area (Å²) in [6, 6.07) is 0.322. The van der Waals surface area contributed by atoms with Crippen LogP contribution in [-0.4, -0.2) is 16.1 Å². The van der Waals surface area contributed by atoms with Gasteiger partial charge >= 0.3 is 0 Å². The number of carbonyl (C=O) groups excluding carboxylic acids is 1. The zero-order chi connectivity index (χ0) is 8.43. The molecule has 3 heteroatoms. The molecule has 1 heterocycles. The van der Waals surface area contributed by atoms with E-state index in [-0.39, 0.29) is 0 Å². The number of aryl methyl sites for hydroxylation is 1. The Labute approximate surface area is 66.0 Å². The zero-order valence-corrected chi connectivity index (χ0v) is 7.03. The molecule has 0 atom stereocenters. The van der Waals surface area contributed by atoms with Crippen LogP contribution in [-0.2, 0) is 0 Å². The summed E-state index contributed by atoms with van der Waals surface area (Å²) in [6.45, 7) is 5.94. The molecule has 0 unspecified atom stereocenters. The van der Waals surface area contributed by atoms with Gasteiger partial charge in [-0.1, -0.05) is 0 Å². The molecule has 3 nitrogen and oxygen atoms in total. The van der Waals surface area contributed by atoms with E-state index in [1.54, 1.807) is 4.68 Å². The van der Waals surface area contributed by atoms with Crippen molar-refractivity contribution in [3.63, 3.8) is 0 Å². The van der Waals surface area contributed by atoms with Crippen LogP contribution >= 0.6 is 0 Å². The van der Waals surface area contributed by atoms with E-state index < -0.39 is 0 Å². The third-order valence-corrected chi connectivity index (χ3v) is 1.59. The number of nitrogens with zero attached hydrogens (tertiary/aromatic N) is 2. The lowest BCUT2D eigenvalue weighted by molar-refractivity contribution is 0.111. The van der Waals surface area contributed by atoms with E-state index in [9.17, 15) is 4.79 Å². The maximum atomic E-state index is 10.4. The second-order valence-electron chi connectivity index (χ2n) is 2.89. The highest BCUT2D eigenvalue weighted by Crippen LogP contribution is 2.07. The molecular weight excluding hydrogens is 140 g/mol. The first-order valence-electron chi connectivity index (χ1n) is 3.66. The third-order valence-electron chi connectivity index (χ3n) is 1.59. The second kappa shape index (κ2) is 2.86. The first-order valence-corrected chi connectivity index (χ1v) is 3.66. The van der Waals surface area contributed by atoms with Gasteiger partial charge in [-0.05, 0) is 26.3 Å². The van der Waals surface area contributed by atoms with Crippen LogP contribution in [0.15, 0.2) is 6.20 Å². The Balaban J connectivity index is 3.04. The molecule has 11 heavy (non-hydrogen) atoms. The van der Waals surface area contributed by atoms with Gasteiger partial charge in [0.15, 0.2) is 6.29 Å². The number of rotatable bonds is 2. The van der Waals surface area contributed by atoms with Crippen LogP contribution in [0.2, 0.25) is 0 Å². The molecule has 1 aromatic heterocycles. The Morgan fingerprint density at radius 2 is 2.27 bits per heavy atom. The van der Waals surface area contributed by atoms with Gasteiger partial charge in [0.1, 0.15) is 5.69 Å². The summed E-state index contributed by atoms with van der Waals surface area (Å²) in [6.07, 6.45) is 2.67. The minimum absolute atomic E-state index is 0.322. The Bertz CT molecular complexity index is 263. The highest BCUT2D eigenvalue weighted by Gasteiger charge is 2.04. The zero-order valence-electron chi connectivity index (χ0n) is 7.03. The molecule has 0 saturated heterocycles. The van der Waals surface area contributed by atoms with Crippen molar-refractivity contribution < 1.29 is 4.79 Å². The highest BCUT2D eigenvalue weighted by atomic mass is 16.1. The molecular formula is C8H12N2O. The number of carbonyl (C=O) groups is 1. The van der Waals surface area contributed by atoms with Gasteiger partial charge in [-0.2, -0.15) is 5.10 Å². The average Bonchev–Trinajstić information content (AvgIpc) is 2.31. The quantitative estimate of drug-likeness (QED) is 0.603. The molecule has 1 rings (SSSR count). The van der Waals surface area contributed by atoms with Crippen molar-refractivity contribution >= 4 is 6.29 Å². The third kappa shape index (κ3) is 1.48. The van der Waals surface area contributed by atoms with Crippen molar-refractivity contribution in [3.8, 4) is 0 Å². The SMILES string of the molecule is Cc1cn(C(C)C)nc1C=O. The van der Waals surface area contributed by atoms with Crippen molar-refractivity contribution in [1.82, 2.24) is 9.78 Å². The molecule has 0 amide bonds. The van der Waals surface area contributed by atoms with Crippen molar-refractivity contribution in [2.75, 3.05) is 0 Å². The van der Waals surface area contributed by atoms with Crippen LogP contribution in [0.5, 0.6) is 0 Å². The molecule has 0 N–H and O–H groups in total. The molecule has 60 valence electrons. The topological polar surface area (TPSA) is 34.9 Å². The monoisotopic (exact) mass is 152 g/mol. The summed E-state index contributed by atoms with van der Waals surface area (Å²) in [5.74, 6) is 0. The Kier molecular flexibility index (Phi) is 2.08. The number of aromatic nitrogens is 2. The van der Waals surface area contributed by atoms with Gasteiger partial charge in [0.2, 0.25) is 0 Å². The molecule has 0 aliphatic carbocycles. The summed E-state index contributed by atoms with van der Waals surface area (Å²) in [7, 11) is 0. The highest BCUT2D eigenvalue weighted by molar-refractivity contribution is 5.73. The van der Waals surface area contributed by atoms with Crippen LogP contribution in [0.1, 0.15) is 35.9 Å². The summed E-state index contributed by atoms with van der Waals surface area (Å²) < 4.78 is 1.79. The van der Waals surface area contributed by atoms with E-state index in [1.807, 2.05) is 27.0 Å².